The van der Waals surface area contributed by atoms with Gasteiger partial charge >= 0.3 is 0 Å². The van der Waals surface area contributed by atoms with E-state index in [0.717, 1.165) is 0 Å². The van der Waals surface area contributed by atoms with Crippen LogP contribution < -0.4 is 10.9 Å². The molecular weight excluding hydrogens is 416 g/mol. The van der Waals surface area contributed by atoms with Crippen molar-refractivity contribution in [3.63, 3.8) is 0 Å². The summed E-state index contributed by atoms with van der Waals surface area (Å²) in [6.45, 7) is 7.74. The average molecular weight is 441 g/mol. The van der Waals surface area contributed by atoms with Crippen LogP contribution >= 0.6 is 0 Å². The van der Waals surface area contributed by atoms with Gasteiger partial charge in [0.15, 0.2) is 5.82 Å². The molecule has 9 nitrogen and oxygen atoms in total. The van der Waals surface area contributed by atoms with Crippen LogP contribution in [0.4, 0.5) is 11.5 Å². The third-order valence-corrected chi connectivity index (χ3v) is 7.60. The summed E-state index contributed by atoms with van der Waals surface area (Å²) >= 11 is 0. The number of sulfonamides is 1. The number of anilines is 2. The number of hydrogen-bond acceptors (Lipinski definition) is 6. The number of nitriles is 1. The van der Waals surface area contributed by atoms with Crippen LogP contribution in [0, 0.1) is 11.3 Å². The molecule has 0 radical (unpaired) electrons. The Morgan fingerprint density at radius 1 is 1.32 bits per heavy atom. The summed E-state index contributed by atoms with van der Waals surface area (Å²) in [7, 11) is -3.55. The Morgan fingerprint density at radius 3 is 2.74 bits per heavy atom. The fourth-order valence-electron chi connectivity index (χ4n) is 3.87. The van der Waals surface area contributed by atoms with Crippen molar-refractivity contribution in [2.75, 3.05) is 5.32 Å². The fourth-order valence-corrected chi connectivity index (χ4v) is 5.83. The molecule has 0 fully saturated rings. The average Bonchev–Trinajstić information content (AvgIpc) is 3.18. The van der Waals surface area contributed by atoms with E-state index in [2.05, 4.69) is 21.5 Å². The van der Waals surface area contributed by atoms with E-state index in [1.807, 2.05) is 27.7 Å². The lowest BCUT2D eigenvalue weighted by molar-refractivity contribution is 0.252. The molecule has 162 valence electrons. The summed E-state index contributed by atoms with van der Waals surface area (Å²) in [4.78, 5) is 15.5. The van der Waals surface area contributed by atoms with Crippen molar-refractivity contribution < 1.29 is 8.42 Å². The topological polar surface area (TPSA) is 124 Å². The van der Waals surface area contributed by atoms with Gasteiger partial charge in [-0.3, -0.25) is 9.48 Å². The van der Waals surface area contributed by atoms with E-state index >= 15 is 0 Å². The zero-order valence-electron chi connectivity index (χ0n) is 17.8. The van der Waals surface area contributed by atoms with E-state index in [1.54, 1.807) is 35.1 Å². The number of aromatic amines is 1. The molecule has 4 rings (SSSR count). The zero-order chi connectivity index (χ0) is 22.6. The quantitative estimate of drug-likeness (QED) is 0.642. The number of benzene rings is 1. The predicted molar refractivity (Wildman–Crippen MR) is 118 cm³/mol. The smallest absolute Gasteiger partial charge is 0.261 e. The molecule has 0 saturated heterocycles. The van der Waals surface area contributed by atoms with Crippen LogP contribution in [0.2, 0.25) is 0 Å². The van der Waals surface area contributed by atoms with Gasteiger partial charge in [0.25, 0.3) is 5.56 Å². The van der Waals surface area contributed by atoms with E-state index < -0.39 is 15.6 Å². The third kappa shape index (κ3) is 3.49. The fraction of sp³-hybridized carbons (Fsp3) is 0.381. The Hall–Kier alpha value is -3.16. The maximum atomic E-state index is 12.9. The molecule has 1 aliphatic rings. The maximum Gasteiger partial charge on any atom is 0.261 e. The Bertz CT molecular complexity index is 1370. The number of fused-ring (bicyclic) bond motifs is 2. The Balaban J connectivity index is 1.76. The highest BCUT2D eigenvalue weighted by Gasteiger charge is 2.41. The predicted octanol–water partition coefficient (Wildman–Crippen LogP) is 3.25. The molecule has 0 aliphatic carbocycles. The van der Waals surface area contributed by atoms with E-state index in [9.17, 15) is 13.2 Å². The molecule has 31 heavy (non-hydrogen) atoms. The minimum Gasteiger partial charge on any atom is -0.338 e. The van der Waals surface area contributed by atoms with Gasteiger partial charge in [-0.1, -0.05) is 0 Å². The second kappa shape index (κ2) is 7.21. The summed E-state index contributed by atoms with van der Waals surface area (Å²) in [5, 5.41) is 17.1. The van der Waals surface area contributed by atoms with Crippen LogP contribution in [0.25, 0.3) is 10.9 Å². The number of H-pyrrole nitrogens is 1. The first-order chi connectivity index (χ1) is 14.5. The molecule has 1 atom stereocenters. The molecule has 2 N–H and O–H groups in total. The molecule has 3 heterocycles. The monoisotopic (exact) mass is 440 g/mol. The summed E-state index contributed by atoms with van der Waals surface area (Å²) < 4.78 is 28.9. The van der Waals surface area contributed by atoms with Gasteiger partial charge in [0.2, 0.25) is 10.0 Å². The van der Waals surface area contributed by atoms with E-state index in [-0.39, 0.29) is 24.6 Å². The number of hydrogen-bond donors (Lipinski definition) is 2. The van der Waals surface area contributed by atoms with Gasteiger partial charge in [0.1, 0.15) is 5.39 Å². The van der Waals surface area contributed by atoms with Crippen molar-refractivity contribution in [1.82, 2.24) is 19.1 Å². The van der Waals surface area contributed by atoms with Gasteiger partial charge in [0, 0.05) is 24.0 Å². The Labute approximate surface area is 180 Å². The van der Waals surface area contributed by atoms with Gasteiger partial charge in [-0.2, -0.15) is 14.7 Å². The van der Waals surface area contributed by atoms with Crippen LogP contribution in [0.5, 0.6) is 0 Å². The van der Waals surface area contributed by atoms with Crippen molar-refractivity contribution in [3.05, 3.63) is 46.4 Å². The number of pyridine rings is 1. The molecule has 0 bridgehead atoms. The van der Waals surface area contributed by atoms with Crippen LogP contribution in [-0.4, -0.2) is 33.0 Å². The first kappa shape index (κ1) is 21.1. The molecule has 1 aromatic carbocycles. The normalized spacial score (nSPS) is 16.7. The molecule has 2 aromatic heterocycles. The summed E-state index contributed by atoms with van der Waals surface area (Å²) in [6, 6.07) is 8.70. The van der Waals surface area contributed by atoms with Gasteiger partial charge in [-0.15, -0.1) is 0 Å². The molecule has 0 amide bonds. The number of nitrogens with one attached hydrogen (secondary N) is 2. The SMILES string of the molecule is CC(CC#N)n1nc(Nc2ccc3c(c2)CN(C(C)(C)C)S3(=O)=O)c2c(=O)[nH]ccc21. The lowest BCUT2D eigenvalue weighted by Crippen LogP contribution is -2.41. The van der Waals surface area contributed by atoms with Crippen LogP contribution in [-0.2, 0) is 16.6 Å². The maximum absolute atomic E-state index is 12.9. The van der Waals surface area contributed by atoms with Crippen LogP contribution in [0.15, 0.2) is 40.2 Å². The minimum absolute atomic E-state index is 0.213. The zero-order valence-corrected chi connectivity index (χ0v) is 18.6. The van der Waals surface area contributed by atoms with Crippen molar-refractivity contribution in [3.8, 4) is 6.07 Å². The molecule has 0 saturated carbocycles. The minimum atomic E-state index is -3.55. The molecule has 1 aliphatic heterocycles. The molecule has 3 aromatic rings. The molecule has 0 spiro atoms. The van der Waals surface area contributed by atoms with Crippen molar-refractivity contribution in [2.45, 2.75) is 57.1 Å². The molecule has 10 heteroatoms. The van der Waals surface area contributed by atoms with Gasteiger partial charge in [0.05, 0.1) is 28.9 Å². The number of aromatic nitrogens is 3. The first-order valence-corrected chi connectivity index (χ1v) is 11.4. The standard InChI is InChI=1S/C21H24N6O3S/c1-13(7-9-22)27-16-8-10-23-20(28)18(16)19(25-27)24-15-5-6-17-14(11-15)12-26(21(2,3)4)31(17,29)30/h5-6,8,10-11,13H,7,12H2,1-4H3,(H,23,28)(H,24,25). The van der Waals surface area contributed by atoms with Crippen molar-refractivity contribution in [2.24, 2.45) is 0 Å². The van der Waals surface area contributed by atoms with Gasteiger partial charge < -0.3 is 10.3 Å². The van der Waals surface area contributed by atoms with Crippen molar-refractivity contribution >= 4 is 32.4 Å². The highest BCUT2D eigenvalue weighted by atomic mass is 32.2. The summed E-state index contributed by atoms with van der Waals surface area (Å²) in [5.74, 6) is 0.357. The van der Waals surface area contributed by atoms with Crippen molar-refractivity contribution in [1.29, 1.82) is 5.26 Å². The second-order valence-electron chi connectivity index (χ2n) is 8.70. The lowest BCUT2D eigenvalue weighted by Gasteiger charge is -2.29. The van der Waals surface area contributed by atoms with E-state index in [1.165, 1.54) is 4.31 Å². The van der Waals surface area contributed by atoms with E-state index in [0.29, 0.717) is 32.9 Å². The van der Waals surface area contributed by atoms with Gasteiger partial charge in [-0.05, 0) is 57.5 Å². The second-order valence-corrected chi connectivity index (χ2v) is 10.5. The summed E-state index contributed by atoms with van der Waals surface area (Å²) in [5.41, 5.74) is 1.11. The largest absolute Gasteiger partial charge is 0.338 e. The highest BCUT2D eigenvalue weighted by molar-refractivity contribution is 7.89. The summed E-state index contributed by atoms with van der Waals surface area (Å²) in [6.07, 6.45) is 1.80. The number of nitrogens with zero attached hydrogens (tertiary/aromatic N) is 4. The molecule has 1 unspecified atom stereocenters. The van der Waals surface area contributed by atoms with Crippen LogP contribution in [0.3, 0.4) is 0 Å². The molecular formula is C21H24N6O3S. The van der Waals surface area contributed by atoms with Crippen LogP contribution in [0.1, 0.15) is 45.7 Å². The lowest BCUT2D eigenvalue weighted by atomic mass is 10.1. The highest BCUT2D eigenvalue weighted by Crippen LogP contribution is 2.37. The van der Waals surface area contributed by atoms with E-state index in [4.69, 9.17) is 5.26 Å². The Kier molecular flexibility index (Phi) is 4.91. The third-order valence-electron chi connectivity index (χ3n) is 5.39. The Morgan fingerprint density at radius 2 is 2.06 bits per heavy atom. The number of rotatable bonds is 4. The van der Waals surface area contributed by atoms with Gasteiger partial charge in [-0.25, -0.2) is 8.42 Å². The first-order valence-electron chi connectivity index (χ1n) is 9.93.